The van der Waals surface area contributed by atoms with Gasteiger partial charge >= 0.3 is 0 Å². The smallest absolute Gasteiger partial charge is 0.169 e. The van der Waals surface area contributed by atoms with E-state index in [2.05, 4.69) is 10.1 Å². The van der Waals surface area contributed by atoms with Crippen LogP contribution in [0.5, 0.6) is 0 Å². The number of nitrogens with two attached hydrogens (primary N) is 1. The summed E-state index contributed by atoms with van der Waals surface area (Å²) in [4.78, 5) is 4.21. The van der Waals surface area contributed by atoms with E-state index < -0.39 is 0 Å². The lowest BCUT2D eigenvalue weighted by atomic mass is 10.1. The number of aromatic nitrogens is 3. The lowest BCUT2D eigenvalue weighted by Gasteiger charge is -2.05. The summed E-state index contributed by atoms with van der Waals surface area (Å²) in [5.74, 6) is 1.98. The van der Waals surface area contributed by atoms with Gasteiger partial charge in [-0.25, -0.2) is 4.98 Å². The molecule has 0 radical (unpaired) electrons. The second-order valence-electron chi connectivity index (χ2n) is 4.01. The van der Waals surface area contributed by atoms with Crippen LogP contribution in [0.2, 0.25) is 0 Å². The molecule has 0 amide bonds. The van der Waals surface area contributed by atoms with Crippen LogP contribution in [-0.2, 0) is 0 Å². The molecule has 18 heavy (non-hydrogen) atoms. The van der Waals surface area contributed by atoms with Crippen molar-refractivity contribution in [2.24, 2.45) is 0 Å². The summed E-state index contributed by atoms with van der Waals surface area (Å²) in [6, 6.07) is 9.64. The van der Waals surface area contributed by atoms with E-state index in [1.54, 1.807) is 12.3 Å². The van der Waals surface area contributed by atoms with Crippen molar-refractivity contribution in [2.75, 3.05) is 5.73 Å². The number of imidazole rings is 1. The van der Waals surface area contributed by atoms with Crippen molar-refractivity contribution >= 4 is 5.82 Å². The number of rotatable bonds is 2. The molecular weight excluding hydrogens is 228 g/mol. The van der Waals surface area contributed by atoms with Gasteiger partial charge in [0, 0.05) is 29.7 Å². The van der Waals surface area contributed by atoms with Crippen molar-refractivity contribution in [3.05, 3.63) is 48.5 Å². The van der Waals surface area contributed by atoms with E-state index in [9.17, 15) is 0 Å². The normalized spacial score (nSPS) is 10.7. The molecule has 0 saturated heterocycles. The Balaban J connectivity index is 2.07. The standard InChI is InChI=1S/C13H12N4O/c1-9-15-5-6-17(9)11-4-2-3-10(7-11)12-8-13(14)16-18-12/h2-8H,1H3,(H2,14,16). The van der Waals surface area contributed by atoms with Gasteiger partial charge in [0.25, 0.3) is 0 Å². The summed E-state index contributed by atoms with van der Waals surface area (Å²) in [6.45, 7) is 1.96. The molecule has 1 aromatic carbocycles. The third kappa shape index (κ3) is 1.75. The third-order valence-corrected chi connectivity index (χ3v) is 2.76. The van der Waals surface area contributed by atoms with Gasteiger partial charge in [-0.1, -0.05) is 17.3 Å². The van der Waals surface area contributed by atoms with E-state index in [-0.39, 0.29) is 0 Å². The molecule has 90 valence electrons. The number of nitrogens with zero attached hydrogens (tertiary/aromatic N) is 3. The van der Waals surface area contributed by atoms with Crippen LogP contribution in [0.3, 0.4) is 0 Å². The van der Waals surface area contributed by atoms with Crippen LogP contribution in [0.25, 0.3) is 17.0 Å². The van der Waals surface area contributed by atoms with Gasteiger partial charge in [0.1, 0.15) is 5.82 Å². The lowest BCUT2D eigenvalue weighted by molar-refractivity contribution is 0.436. The van der Waals surface area contributed by atoms with E-state index in [1.807, 2.05) is 42.0 Å². The van der Waals surface area contributed by atoms with E-state index >= 15 is 0 Å². The minimum absolute atomic E-state index is 0.384. The van der Waals surface area contributed by atoms with E-state index in [1.165, 1.54) is 0 Å². The maximum atomic E-state index is 5.55. The molecule has 0 bridgehead atoms. The summed E-state index contributed by atoms with van der Waals surface area (Å²) in [5, 5.41) is 3.69. The van der Waals surface area contributed by atoms with Crippen molar-refractivity contribution in [3.8, 4) is 17.0 Å². The Morgan fingerprint density at radius 1 is 1.28 bits per heavy atom. The van der Waals surface area contributed by atoms with Crippen LogP contribution >= 0.6 is 0 Å². The summed E-state index contributed by atoms with van der Waals surface area (Å²) in [6.07, 6.45) is 3.69. The first-order valence-electron chi connectivity index (χ1n) is 5.57. The molecule has 2 aromatic heterocycles. The van der Waals surface area contributed by atoms with Crippen molar-refractivity contribution in [1.29, 1.82) is 0 Å². The van der Waals surface area contributed by atoms with Gasteiger partial charge in [0.15, 0.2) is 11.6 Å². The molecule has 0 aliphatic carbocycles. The molecule has 0 unspecified atom stereocenters. The van der Waals surface area contributed by atoms with Crippen molar-refractivity contribution in [2.45, 2.75) is 6.92 Å². The molecule has 2 N–H and O–H groups in total. The highest BCUT2D eigenvalue weighted by Crippen LogP contribution is 2.23. The lowest BCUT2D eigenvalue weighted by Crippen LogP contribution is -1.95. The van der Waals surface area contributed by atoms with E-state index in [4.69, 9.17) is 10.3 Å². The number of benzene rings is 1. The molecule has 0 aliphatic rings. The molecule has 0 saturated carbocycles. The van der Waals surface area contributed by atoms with Gasteiger partial charge in [-0.15, -0.1) is 0 Å². The molecule has 5 heteroatoms. The fourth-order valence-electron chi connectivity index (χ4n) is 1.88. The molecule has 3 rings (SSSR count). The zero-order valence-corrected chi connectivity index (χ0v) is 9.87. The summed E-state index contributed by atoms with van der Waals surface area (Å²) >= 11 is 0. The van der Waals surface area contributed by atoms with Crippen LogP contribution in [0.15, 0.2) is 47.2 Å². The maximum Gasteiger partial charge on any atom is 0.169 e. The van der Waals surface area contributed by atoms with Gasteiger partial charge in [-0.2, -0.15) is 0 Å². The highest BCUT2D eigenvalue weighted by molar-refractivity contribution is 5.62. The Kier molecular flexibility index (Phi) is 2.37. The van der Waals surface area contributed by atoms with Crippen LogP contribution in [-0.4, -0.2) is 14.7 Å². The third-order valence-electron chi connectivity index (χ3n) is 2.76. The SMILES string of the molecule is Cc1nccn1-c1cccc(-c2cc(N)no2)c1. The highest BCUT2D eigenvalue weighted by Gasteiger charge is 2.07. The van der Waals surface area contributed by atoms with Gasteiger partial charge < -0.3 is 14.8 Å². The van der Waals surface area contributed by atoms with E-state index in [0.29, 0.717) is 11.6 Å². The zero-order chi connectivity index (χ0) is 12.5. The van der Waals surface area contributed by atoms with E-state index in [0.717, 1.165) is 17.1 Å². The minimum atomic E-state index is 0.384. The Hall–Kier alpha value is -2.56. The summed E-state index contributed by atoms with van der Waals surface area (Å²) in [5.41, 5.74) is 7.51. The Morgan fingerprint density at radius 2 is 2.17 bits per heavy atom. The highest BCUT2D eigenvalue weighted by atomic mass is 16.5. The quantitative estimate of drug-likeness (QED) is 0.746. The first-order valence-corrected chi connectivity index (χ1v) is 5.57. The largest absolute Gasteiger partial charge is 0.381 e. The second-order valence-corrected chi connectivity index (χ2v) is 4.01. The maximum absolute atomic E-state index is 5.55. The van der Waals surface area contributed by atoms with Crippen molar-refractivity contribution < 1.29 is 4.52 Å². The monoisotopic (exact) mass is 240 g/mol. The molecule has 3 aromatic rings. The molecule has 5 nitrogen and oxygen atoms in total. The molecular formula is C13H12N4O. The first-order chi connectivity index (χ1) is 8.74. The number of aryl methyl sites for hydroxylation is 1. The summed E-state index contributed by atoms with van der Waals surface area (Å²) < 4.78 is 7.16. The predicted molar refractivity (Wildman–Crippen MR) is 68.2 cm³/mol. The minimum Gasteiger partial charge on any atom is -0.381 e. The van der Waals surface area contributed by atoms with Crippen LogP contribution in [0.4, 0.5) is 5.82 Å². The van der Waals surface area contributed by atoms with Crippen molar-refractivity contribution in [3.63, 3.8) is 0 Å². The van der Waals surface area contributed by atoms with Gasteiger partial charge in [0.2, 0.25) is 0 Å². The Morgan fingerprint density at radius 3 is 2.83 bits per heavy atom. The molecule has 0 fully saturated rings. The van der Waals surface area contributed by atoms with Gasteiger partial charge in [-0.05, 0) is 19.1 Å². The zero-order valence-electron chi connectivity index (χ0n) is 9.87. The fourth-order valence-corrected chi connectivity index (χ4v) is 1.88. The van der Waals surface area contributed by atoms with Crippen LogP contribution in [0, 0.1) is 6.92 Å². The van der Waals surface area contributed by atoms with Gasteiger partial charge in [-0.3, -0.25) is 0 Å². The number of hydrogen-bond acceptors (Lipinski definition) is 4. The molecule has 2 heterocycles. The predicted octanol–water partition coefficient (Wildman–Crippen LogP) is 2.42. The molecule has 0 spiro atoms. The fraction of sp³-hybridized carbons (Fsp3) is 0.0769. The van der Waals surface area contributed by atoms with Crippen molar-refractivity contribution in [1.82, 2.24) is 14.7 Å². The Bertz CT molecular complexity index is 684. The van der Waals surface area contributed by atoms with Crippen LogP contribution in [0.1, 0.15) is 5.82 Å². The first kappa shape index (κ1) is 10.6. The molecule has 0 atom stereocenters. The summed E-state index contributed by atoms with van der Waals surface area (Å²) in [7, 11) is 0. The second kappa shape index (κ2) is 4.03. The average Bonchev–Trinajstić information content (AvgIpc) is 2.98. The number of nitrogen functional groups attached to an aromatic ring is 1. The van der Waals surface area contributed by atoms with Crippen LogP contribution < -0.4 is 5.73 Å². The van der Waals surface area contributed by atoms with Gasteiger partial charge in [0.05, 0.1) is 0 Å². The number of hydrogen-bond donors (Lipinski definition) is 1. The number of anilines is 1. The Labute approximate surface area is 104 Å². The average molecular weight is 240 g/mol. The topological polar surface area (TPSA) is 69.9 Å². The molecule has 0 aliphatic heterocycles.